The Morgan fingerprint density at radius 2 is 2.25 bits per heavy atom. The van der Waals surface area contributed by atoms with Crippen molar-refractivity contribution in [3.63, 3.8) is 0 Å². The van der Waals surface area contributed by atoms with Crippen molar-refractivity contribution in [1.82, 2.24) is 4.98 Å². The molecule has 0 aliphatic heterocycles. The summed E-state index contributed by atoms with van der Waals surface area (Å²) in [5, 5.41) is 9.65. The zero-order valence-corrected chi connectivity index (χ0v) is 13.0. The van der Waals surface area contributed by atoms with E-state index < -0.39 is 0 Å². The highest BCUT2D eigenvalue weighted by molar-refractivity contribution is 5.41. The van der Waals surface area contributed by atoms with E-state index >= 15 is 0 Å². The van der Waals surface area contributed by atoms with Gasteiger partial charge in [0.05, 0.1) is 18.6 Å². The van der Waals surface area contributed by atoms with E-state index in [1.54, 1.807) is 7.11 Å². The normalized spacial score (nSPS) is 25.4. The van der Waals surface area contributed by atoms with Crippen LogP contribution >= 0.6 is 0 Å². The van der Waals surface area contributed by atoms with Crippen LogP contribution in [-0.2, 0) is 6.42 Å². The van der Waals surface area contributed by atoms with Gasteiger partial charge in [-0.05, 0) is 39.0 Å². The van der Waals surface area contributed by atoms with E-state index in [1.807, 2.05) is 20.0 Å². The third-order valence-corrected chi connectivity index (χ3v) is 4.78. The second kappa shape index (κ2) is 5.83. The van der Waals surface area contributed by atoms with Crippen molar-refractivity contribution in [3.05, 3.63) is 23.0 Å². The van der Waals surface area contributed by atoms with Crippen molar-refractivity contribution in [3.8, 4) is 11.8 Å². The van der Waals surface area contributed by atoms with Gasteiger partial charge in [0.1, 0.15) is 5.75 Å². The monoisotopic (exact) mass is 272 g/mol. The van der Waals surface area contributed by atoms with Gasteiger partial charge in [-0.15, -0.1) is 0 Å². The molecule has 1 saturated carbocycles. The number of hydrogen-bond donors (Lipinski definition) is 0. The van der Waals surface area contributed by atoms with Crippen LogP contribution in [0.15, 0.2) is 6.20 Å². The number of nitrogens with zero attached hydrogens (tertiary/aromatic N) is 2. The highest BCUT2D eigenvalue weighted by atomic mass is 16.5. The zero-order valence-electron chi connectivity index (χ0n) is 13.0. The third-order valence-electron chi connectivity index (χ3n) is 4.78. The molecule has 1 heterocycles. The van der Waals surface area contributed by atoms with Crippen LogP contribution in [0, 0.1) is 36.5 Å². The number of methoxy groups -OCH3 is 1. The molecule has 0 spiro atoms. The molecule has 2 atom stereocenters. The highest BCUT2D eigenvalue weighted by Gasteiger charge is 2.39. The smallest absolute Gasteiger partial charge is 0.128 e. The Labute approximate surface area is 122 Å². The largest absolute Gasteiger partial charge is 0.496 e. The zero-order chi connectivity index (χ0) is 14.8. The van der Waals surface area contributed by atoms with Gasteiger partial charge in [0.2, 0.25) is 0 Å². The van der Waals surface area contributed by atoms with Gasteiger partial charge < -0.3 is 4.74 Å². The molecule has 1 fully saturated rings. The van der Waals surface area contributed by atoms with Crippen LogP contribution in [0.3, 0.4) is 0 Å². The van der Waals surface area contributed by atoms with E-state index in [-0.39, 0.29) is 5.41 Å². The van der Waals surface area contributed by atoms with Crippen LogP contribution in [0.4, 0.5) is 0 Å². The fraction of sp³-hybridized carbons (Fsp3) is 0.647. The molecule has 0 radical (unpaired) electrons. The summed E-state index contributed by atoms with van der Waals surface area (Å²) in [6.45, 7) is 6.27. The van der Waals surface area contributed by atoms with Crippen LogP contribution in [0.1, 0.15) is 49.4 Å². The van der Waals surface area contributed by atoms with Crippen LogP contribution in [0.25, 0.3) is 0 Å². The van der Waals surface area contributed by atoms with Gasteiger partial charge in [-0.25, -0.2) is 0 Å². The third kappa shape index (κ3) is 2.65. The number of nitriles is 1. The Bertz CT molecular complexity index is 533. The Balaban J connectivity index is 2.28. The first kappa shape index (κ1) is 14.8. The van der Waals surface area contributed by atoms with Gasteiger partial charge in [0.15, 0.2) is 0 Å². The molecule has 3 nitrogen and oxygen atoms in total. The molecule has 1 aromatic rings. The summed E-state index contributed by atoms with van der Waals surface area (Å²) >= 11 is 0. The molecular formula is C17H24N2O. The van der Waals surface area contributed by atoms with Gasteiger partial charge in [-0.2, -0.15) is 5.26 Å². The summed E-state index contributed by atoms with van der Waals surface area (Å²) in [6, 6.07) is 2.59. The lowest BCUT2D eigenvalue weighted by atomic mass is 9.81. The minimum Gasteiger partial charge on any atom is -0.496 e. The maximum absolute atomic E-state index is 9.65. The first-order chi connectivity index (χ1) is 9.55. The van der Waals surface area contributed by atoms with Gasteiger partial charge in [0, 0.05) is 29.4 Å². The van der Waals surface area contributed by atoms with E-state index in [9.17, 15) is 5.26 Å². The maximum Gasteiger partial charge on any atom is 0.128 e. The molecule has 0 amide bonds. The average molecular weight is 272 g/mol. The van der Waals surface area contributed by atoms with Crippen molar-refractivity contribution >= 4 is 0 Å². The molecule has 0 bridgehead atoms. The van der Waals surface area contributed by atoms with Gasteiger partial charge >= 0.3 is 0 Å². The summed E-state index contributed by atoms with van der Waals surface area (Å²) in [5.41, 5.74) is 2.93. The first-order valence-corrected chi connectivity index (χ1v) is 7.45. The van der Waals surface area contributed by atoms with E-state index in [0.717, 1.165) is 41.8 Å². The summed E-state index contributed by atoms with van der Waals surface area (Å²) < 4.78 is 5.47. The lowest BCUT2D eigenvalue weighted by Gasteiger charge is -2.22. The molecule has 0 saturated heterocycles. The molecule has 0 aromatic carbocycles. The minimum atomic E-state index is -0.224. The fourth-order valence-corrected chi connectivity index (χ4v) is 3.46. The first-order valence-electron chi connectivity index (χ1n) is 7.45. The summed E-state index contributed by atoms with van der Waals surface area (Å²) in [7, 11) is 1.70. The Morgan fingerprint density at radius 3 is 2.80 bits per heavy atom. The summed E-state index contributed by atoms with van der Waals surface area (Å²) in [6.07, 6.45) is 6.97. The van der Waals surface area contributed by atoms with Crippen molar-refractivity contribution in [2.75, 3.05) is 7.11 Å². The Morgan fingerprint density at radius 1 is 1.50 bits per heavy atom. The summed E-state index contributed by atoms with van der Waals surface area (Å²) in [4.78, 5) is 4.56. The van der Waals surface area contributed by atoms with Gasteiger partial charge in [0.25, 0.3) is 0 Å². The molecule has 0 N–H and O–H groups in total. The second-order valence-corrected chi connectivity index (χ2v) is 6.13. The Kier molecular flexibility index (Phi) is 4.32. The predicted molar refractivity (Wildman–Crippen MR) is 79.6 cm³/mol. The molecule has 20 heavy (non-hydrogen) atoms. The van der Waals surface area contributed by atoms with E-state index in [2.05, 4.69) is 18.0 Å². The number of aromatic nitrogens is 1. The number of aryl methyl sites for hydroxylation is 1. The van der Waals surface area contributed by atoms with E-state index in [1.165, 1.54) is 12.8 Å². The van der Waals surface area contributed by atoms with Crippen LogP contribution < -0.4 is 4.74 Å². The SMILES string of the molecule is CCC1CCC(C#N)(Cc2ncc(C)c(OC)c2C)C1. The van der Waals surface area contributed by atoms with Crippen LogP contribution in [0.2, 0.25) is 0 Å². The lowest BCUT2D eigenvalue weighted by molar-refractivity contribution is 0.372. The van der Waals surface area contributed by atoms with E-state index in [0.29, 0.717) is 5.92 Å². The molecular weight excluding hydrogens is 248 g/mol. The molecule has 1 aliphatic carbocycles. The predicted octanol–water partition coefficient (Wildman–Crippen LogP) is 3.97. The van der Waals surface area contributed by atoms with Crippen molar-refractivity contribution in [1.29, 1.82) is 5.26 Å². The second-order valence-electron chi connectivity index (χ2n) is 6.13. The van der Waals surface area contributed by atoms with Gasteiger partial charge in [-0.3, -0.25) is 4.98 Å². The maximum atomic E-state index is 9.65. The number of ether oxygens (including phenoxy) is 1. The fourth-order valence-electron chi connectivity index (χ4n) is 3.46. The van der Waals surface area contributed by atoms with Crippen LogP contribution in [-0.4, -0.2) is 12.1 Å². The average Bonchev–Trinajstić information content (AvgIpc) is 2.87. The van der Waals surface area contributed by atoms with Crippen molar-refractivity contribution < 1.29 is 4.74 Å². The standard InChI is InChI=1S/C17H24N2O/c1-5-14-6-7-17(8-14,11-18)9-15-13(3)16(20-4)12(2)10-19-15/h10,14H,5-9H2,1-4H3. The van der Waals surface area contributed by atoms with Gasteiger partial charge in [-0.1, -0.05) is 13.3 Å². The number of rotatable bonds is 4. The minimum absolute atomic E-state index is 0.224. The molecule has 2 rings (SSSR count). The molecule has 1 aliphatic rings. The van der Waals surface area contributed by atoms with E-state index in [4.69, 9.17) is 4.74 Å². The van der Waals surface area contributed by atoms with Crippen molar-refractivity contribution in [2.24, 2.45) is 11.3 Å². The lowest BCUT2D eigenvalue weighted by Crippen LogP contribution is -2.20. The van der Waals surface area contributed by atoms with Crippen molar-refractivity contribution in [2.45, 2.75) is 52.9 Å². The Hall–Kier alpha value is -1.56. The molecule has 3 heteroatoms. The highest BCUT2D eigenvalue weighted by Crippen LogP contribution is 2.45. The molecule has 2 unspecified atom stereocenters. The number of pyridine rings is 1. The summed E-state index contributed by atoms with van der Waals surface area (Å²) in [5.74, 6) is 1.61. The molecule has 108 valence electrons. The topological polar surface area (TPSA) is 45.9 Å². The number of hydrogen-bond acceptors (Lipinski definition) is 3. The van der Waals surface area contributed by atoms with Crippen LogP contribution in [0.5, 0.6) is 5.75 Å². The molecule has 1 aromatic heterocycles. The quantitative estimate of drug-likeness (QED) is 0.833.